The first-order chi connectivity index (χ1) is 14.4. The molecule has 0 aliphatic carbocycles. The Bertz CT molecular complexity index is 1120. The van der Waals surface area contributed by atoms with Crippen molar-refractivity contribution in [2.45, 2.75) is 6.61 Å². The number of carbonyl (C=O) groups is 2. The van der Waals surface area contributed by atoms with Crippen molar-refractivity contribution < 1.29 is 14.3 Å². The normalized spacial score (nSPS) is 15.0. The molecule has 0 spiro atoms. The predicted molar refractivity (Wildman–Crippen MR) is 125 cm³/mol. The lowest BCUT2D eigenvalue weighted by Crippen LogP contribution is -2.53. The van der Waals surface area contributed by atoms with Crippen LogP contribution in [0.4, 0.5) is 0 Å². The summed E-state index contributed by atoms with van der Waals surface area (Å²) in [6, 6.07) is 14.7. The minimum absolute atomic E-state index is 0.00198. The van der Waals surface area contributed by atoms with Crippen molar-refractivity contribution in [2.24, 2.45) is 0 Å². The van der Waals surface area contributed by atoms with Crippen LogP contribution in [0.2, 0.25) is 0 Å². The van der Waals surface area contributed by atoms with E-state index in [1.165, 1.54) is 11.0 Å². The van der Waals surface area contributed by atoms with Crippen LogP contribution >= 0.6 is 34.8 Å². The fourth-order valence-corrected chi connectivity index (χ4v) is 3.74. The highest BCUT2D eigenvalue weighted by atomic mass is 127. The lowest BCUT2D eigenvalue weighted by atomic mass is 10.1. The zero-order valence-corrected chi connectivity index (χ0v) is 18.7. The van der Waals surface area contributed by atoms with Gasteiger partial charge >= 0.3 is 0 Å². The van der Waals surface area contributed by atoms with Crippen molar-refractivity contribution >= 4 is 57.8 Å². The molecule has 1 aliphatic heterocycles. The van der Waals surface area contributed by atoms with Gasteiger partial charge in [0, 0.05) is 12.1 Å². The van der Waals surface area contributed by atoms with E-state index < -0.39 is 11.8 Å². The van der Waals surface area contributed by atoms with Crippen LogP contribution in [-0.4, -0.2) is 28.4 Å². The number of rotatable bonds is 6. The van der Waals surface area contributed by atoms with Crippen molar-refractivity contribution in [1.82, 2.24) is 10.2 Å². The third-order valence-electron chi connectivity index (χ3n) is 4.29. The Morgan fingerprint density at radius 1 is 1.27 bits per heavy atom. The van der Waals surface area contributed by atoms with Crippen LogP contribution in [0.15, 0.2) is 60.7 Å². The Morgan fingerprint density at radius 2 is 2.03 bits per heavy atom. The molecule has 1 fully saturated rings. The summed E-state index contributed by atoms with van der Waals surface area (Å²) in [4.78, 5) is 26.2. The highest BCUT2D eigenvalue weighted by Gasteiger charge is 2.32. The molecule has 1 aliphatic rings. The Kier molecular flexibility index (Phi) is 6.97. The van der Waals surface area contributed by atoms with Gasteiger partial charge in [-0.25, -0.2) is 0 Å². The Hall–Kier alpha value is -3.03. The largest absolute Gasteiger partial charge is 0.488 e. The second-order valence-corrected chi connectivity index (χ2v) is 7.82. The quantitative estimate of drug-likeness (QED) is 0.204. The molecule has 1 saturated heterocycles. The fourth-order valence-electron chi connectivity index (χ4n) is 2.79. The molecule has 1 heterocycles. The molecule has 0 unspecified atom stereocenters. The summed E-state index contributed by atoms with van der Waals surface area (Å²) < 4.78 is 6.66. The van der Waals surface area contributed by atoms with E-state index in [2.05, 4.69) is 40.6 Å². The molecule has 6 nitrogen and oxygen atoms in total. The number of halogens is 1. The van der Waals surface area contributed by atoms with Crippen molar-refractivity contribution in [3.63, 3.8) is 0 Å². The van der Waals surface area contributed by atoms with Crippen molar-refractivity contribution in [3.8, 4) is 11.8 Å². The summed E-state index contributed by atoms with van der Waals surface area (Å²) in [6.45, 7) is 4.08. The van der Waals surface area contributed by atoms with Crippen LogP contribution in [0.25, 0.3) is 6.08 Å². The number of amides is 2. The third kappa shape index (κ3) is 4.75. The number of benzene rings is 2. The molecule has 0 saturated carbocycles. The lowest BCUT2D eigenvalue weighted by Gasteiger charge is -2.27. The number of carbonyl (C=O) groups excluding carboxylic acids is 2. The molecule has 1 N–H and O–H groups in total. The molecule has 2 aromatic rings. The van der Waals surface area contributed by atoms with E-state index in [1.54, 1.807) is 30.3 Å². The van der Waals surface area contributed by atoms with Crippen molar-refractivity contribution in [2.75, 3.05) is 6.54 Å². The first-order valence-electron chi connectivity index (χ1n) is 8.84. The van der Waals surface area contributed by atoms with Gasteiger partial charge in [0.1, 0.15) is 17.9 Å². The van der Waals surface area contributed by atoms with Gasteiger partial charge in [-0.1, -0.05) is 30.3 Å². The summed E-state index contributed by atoms with van der Waals surface area (Å²) in [5.74, 6) is -0.361. The average molecular weight is 529 g/mol. The van der Waals surface area contributed by atoms with Gasteiger partial charge in [-0.05, 0) is 64.6 Å². The van der Waals surface area contributed by atoms with Crippen LogP contribution in [0.3, 0.4) is 0 Å². The van der Waals surface area contributed by atoms with Crippen LogP contribution < -0.4 is 10.1 Å². The predicted octanol–water partition coefficient (Wildman–Crippen LogP) is 3.55. The summed E-state index contributed by atoms with van der Waals surface area (Å²) in [6.07, 6.45) is 3.06. The van der Waals surface area contributed by atoms with Gasteiger partial charge in [-0.2, -0.15) is 5.26 Å². The second kappa shape index (κ2) is 9.65. The molecule has 0 radical (unpaired) electrons. The van der Waals surface area contributed by atoms with Gasteiger partial charge in [-0.15, -0.1) is 6.58 Å². The molecule has 150 valence electrons. The monoisotopic (exact) mass is 529 g/mol. The van der Waals surface area contributed by atoms with Gasteiger partial charge in [0.15, 0.2) is 5.11 Å². The SMILES string of the molecule is C=CCN1C(=O)/C(=C/c2ccc(OCc3ccccc3C#N)c(I)c2)C(=O)NC1=S. The molecular weight excluding hydrogens is 513 g/mol. The third-order valence-corrected chi connectivity index (χ3v) is 5.45. The average Bonchev–Trinajstić information content (AvgIpc) is 2.73. The van der Waals surface area contributed by atoms with Crippen LogP contribution in [0.5, 0.6) is 5.75 Å². The zero-order valence-electron chi connectivity index (χ0n) is 15.7. The standard InChI is InChI=1S/C22H16IN3O3S/c1-2-9-26-21(28)17(20(27)25-22(26)30)10-14-7-8-19(18(23)11-14)29-13-16-6-4-3-5-15(16)12-24/h2-8,10-11H,1,9,13H2,(H,25,27,30)/b17-10+. The molecule has 30 heavy (non-hydrogen) atoms. The smallest absolute Gasteiger partial charge is 0.265 e. The summed E-state index contributed by atoms with van der Waals surface area (Å²) in [5.41, 5.74) is 2.04. The van der Waals surface area contributed by atoms with Gasteiger partial charge in [0.25, 0.3) is 11.8 Å². The molecule has 0 aromatic heterocycles. The molecule has 8 heteroatoms. The van der Waals surface area contributed by atoms with E-state index in [-0.39, 0.29) is 23.8 Å². The topological polar surface area (TPSA) is 82.4 Å². The number of nitriles is 1. The molecular formula is C22H16IN3O3S. The number of hydrogen-bond acceptors (Lipinski definition) is 5. The van der Waals surface area contributed by atoms with E-state index in [1.807, 2.05) is 18.2 Å². The zero-order chi connectivity index (χ0) is 21.7. The van der Waals surface area contributed by atoms with Gasteiger partial charge in [-0.3, -0.25) is 19.8 Å². The maximum absolute atomic E-state index is 12.6. The number of hydrogen-bond donors (Lipinski definition) is 1. The van der Waals surface area contributed by atoms with E-state index in [0.717, 1.165) is 9.13 Å². The minimum atomic E-state index is -0.534. The maximum Gasteiger partial charge on any atom is 0.265 e. The van der Waals surface area contributed by atoms with E-state index in [4.69, 9.17) is 17.0 Å². The highest BCUT2D eigenvalue weighted by molar-refractivity contribution is 14.1. The lowest BCUT2D eigenvalue weighted by molar-refractivity contribution is -0.128. The van der Waals surface area contributed by atoms with Gasteiger partial charge < -0.3 is 4.74 Å². The van der Waals surface area contributed by atoms with E-state index >= 15 is 0 Å². The van der Waals surface area contributed by atoms with Crippen LogP contribution in [0, 0.1) is 14.9 Å². The van der Waals surface area contributed by atoms with Crippen LogP contribution in [-0.2, 0) is 16.2 Å². The minimum Gasteiger partial charge on any atom is -0.488 e. The molecule has 2 amide bonds. The summed E-state index contributed by atoms with van der Waals surface area (Å²) >= 11 is 7.17. The molecule has 2 aromatic carbocycles. The van der Waals surface area contributed by atoms with Crippen LogP contribution in [0.1, 0.15) is 16.7 Å². The fraction of sp³-hybridized carbons (Fsp3) is 0.0909. The first kappa shape index (κ1) is 21.7. The Labute approximate surface area is 193 Å². The second-order valence-electron chi connectivity index (χ2n) is 6.27. The molecule has 0 atom stereocenters. The van der Waals surface area contributed by atoms with Gasteiger partial charge in [0.05, 0.1) is 15.2 Å². The Balaban J connectivity index is 1.80. The van der Waals surface area contributed by atoms with Crippen molar-refractivity contribution in [1.29, 1.82) is 5.26 Å². The van der Waals surface area contributed by atoms with E-state index in [9.17, 15) is 14.9 Å². The van der Waals surface area contributed by atoms with E-state index in [0.29, 0.717) is 16.9 Å². The first-order valence-corrected chi connectivity index (χ1v) is 10.3. The maximum atomic E-state index is 12.6. The van der Waals surface area contributed by atoms with Crippen molar-refractivity contribution in [3.05, 3.63) is 81.0 Å². The Morgan fingerprint density at radius 3 is 2.73 bits per heavy atom. The number of thiocarbonyl (C=S) groups is 1. The summed E-state index contributed by atoms with van der Waals surface area (Å²) in [5, 5.41) is 11.8. The molecule has 3 rings (SSSR count). The highest BCUT2D eigenvalue weighted by Crippen LogP contribution is 2.25. The van der Waals surface area contributed by atoms with Gasteiger partial charge in [0.2, 0.25) is 0 Å². The molecule has 0 bridgehead atoms. The summed E-state index contributed by atoms with van der Waals surface area (Å²) in [7, 11) is 0. The number of ether oxygens (including phenoxy) is 1. The number of nitrogens with one attached hydrogen (secondary N) is 1. The number of nitrogens with zero attached hydrogens (tertiary/aromatic N) is 2.